The molecule has 30 heavy (non-hydrogen) atoms. The van der Waals surface area contributed by atoms with Crippen molar-refractivity contribution in [3.63, 3.8) is 0 Å². The number of carbonyl (C=O) groups excluding carboxylic acids is 1. The Bertz CT molecular complexity index is 892. The molecule has 3 heterocycles. The second-order valence-corrected chi connectivity index (χ2v) is 8.57. The van der Waals surface area contributed by atoms with Crippen LogP contribution >= 0.6 is 0 Å². The number of nitrogens with one attached hydrogen (secondary N) is 3. The Morgan fingerprint density at radius 1 is 1.23 bits per heavy atom. The largest absolute Gasteiger partial charge is 0.481 e. The predicted molar refractivity (Wildman–Crippen MR) is 110 cm³/mol. The van der Waals surface area contributed by atoms with Crippen LogP contribution in [0.15, 0.2) is 18.3 Å². The van der Waals surface area contributed by atoms with Gasteiger partial charge in [-0.15, -0.1) is 0 Å². The molecule has 1 aliphatic heterocycles. The molecule has 0 spiro atoms. The SMILES string of the molecule is CC(=O)O.O=C(N[C@H]1C[C@H]2CNC[C@H]2C[C@@H]1OCC1CC1)c1ccc2cn[nH]c2n1. The van der Waals surface area contributed by atoms with Gasteiger partial charge in [0.15, 0.2) is 5.65 Å². The Morgan fingerprint density at radius 2 is 1.97 bits per heavy atom. The summed E-state index contributed by atoms with van der Waals surface area (Å²) in [6, 6.07) is 3.69. The molecule has 4 atom stereocenters. The molecule has 2 saturated carbocycles. The number of aromatic amines is 1. The van der Waals surface area contributed by atoms with Crippen molar-refractivity contribution in [1.29, 1.82) is 0 Å². The smallest absolute Gasteiger partial charge is 0.300 e. The molecule has 9 nitrogen and oxygen atoms in total. The number of carboxylic acid groups (broad SMARTS) is 1. The number of rotatable bonds is 5. The number of ether oxygens (including phenoxy) is 1. The summed E-state index contributed by atoms with van der Waals surface area (Å²) in [5.74, 6) is 1.07. The quantitative estimate of drug-likeness (QED) is 0.583. The van der Waals surface area contributed by atoms with Gasteiger partial charge in [0.2, 0.25) is 0 Å². The maximum atomic E-state index is 12.8. The Morgan fingerprint density at radius 3 is 2.70 bits per heavy atom. The first-order valence-corrected chi connectivity index (χ1v) is 10.6. The molecule has 3 aliphatic rings. The highest BCUT2D eigenvalue weighted by Crippen LogP contribution is 2.36. The van der Waals surface area contributed by atoms with Crippen molar-refractivity contribution in [2.24, 2.45) is 17.8 Å². The third-order valence-corrected chi connectivity index (χ3v) is 6.11. The van der Waals surface area contributed by atoms with Crippen LogP contribution in [0.4, 0.5) is 0 Å². The minimum atomic E-state index is -0.833. The first-order valence-electron chi connectivity index (χ1n) is 10.6. The number of hydrogen-bond donors (Lipinski definition) is 4. The molecule has 162 valence electrons. The lowest BCUT2D eigenvalue weighted by atomic mass is 9.77. The molecular weight excluding hydrogens is 386 g/mol. The first kappa shape index (κ1) is 20.7. The summed E-state index contributed by atoms with van der Waals surface area (Å²) in [7, 11) is 0. The van der Waals surface area contributed by atoms with Crippen LogP contribution in [0.2, 0.25) is 0 Å². The number of nitrogens with zero attached hydrogens (tertiary/aromatic N) is 2. The van der Waals surface area contributed by atoms with E-state index in [1.165, 1.54) is 12.8 Å². The molecule has 2 aliphatic carbocycles. The van der Waals surface area contributed by atoms with Gasteiger partial charge in [0.05, 0.1) is 18.3 Å². The van der Waals surface area contributed by atoms with E-state index >= 15 is 0 Å². The topological polar surface area (TPSA) is 129 Å². The third kappa shape index (κ3) is 5.14. The van der Waals surface area contributed by atoms with Crippen molar-refractivity contribution in [1.82, 2.24) is 25.8 Å². The van der Waals surface area contributed by atoms with Crippen LogP contribution in [0.25, 0.3) is 11.0 Å². The molecule has 3 fully saturated rings. The van der Waals surface area contributed by atoms with Gasteiger partial charge in [-0.1, -0.05) is 0 Å². The van der Waals surface area contributed by atoms with Gasteiger partial charge in [0, 0.05) is 18.9 Å². The Labute approximate surface area is 175 Å². The maximum absolute atomic E-state index is 12.8. The molecule has 0 unspecified atom stereocenters. The van der Waals surface area contributed by atoms with Crippen molar-refractivity contribution in [3.8, 4) is 0 Å². The average molecular weight is 415 g/mol. The fraction of sp³-hybridized carbons (Fsp3) is 0.619. The van der Waals surface area contributed by atoms with Crippen molar-refractivity contribution in [2.45, 2.75) is 44.8 Å². The number of amides is 1. The molecule has 0 aromatic carbocycles. The van der Waals surface area contributed by atoms with E-state index in [0.717, 1.165) is 50.8 Å². The zero-order chi connectivity index (χ0) is 21.1. The maximum Gasteiger partial charge on any atom is 0.300 e. The van der Waals surface area contributed by atoms with E-state index in [4.69, 9.17) is 14.6 Å². The number of carboxylic acids is 1. The van der Waals surface area contributed by atoms with Crippen LogP contribution in [0.3, 0.4) is 0 Å². The Kier molecular flexibility index (Phi) is 6.29. The Balaban J connectivity index is 0.000000503. The van der Waals surface area contributed by atoms with Crippen LogP contribution in [0.5, 0.6) is 0 Å². The van der Waals surface area contributed by atoms with E-state index in [1.54, 1.807) is 12.3 Å². The highest BCUT2D eigenvalue weighted by Gasteiger charge is 2.41. The minimum absolute atomic E-state index is 0.0571. The molecule has 5 rings (SSSR count). The van der Waals surface area contributed by atoms with Gasteiger partial charge in [-0.2, -0.15) is 5.10 Å². The fourth-order valence-corrected chi connectivity index (χ4v) is 4.36. The van der Waals surface area contributed by atoms with Gasteiger partial charge in [-0.3, -0.25) is 14.7 Å². The monoisotopic (exact) mass is 415 g/mol. The number of fused-ring (bicyclic) bond motifs is 2. The lowest BCUT2D eigenvalue weighted by Crippen LogP contribution is -2.50. The predicted octanol–water partition coefficient (Wildman–Crippen LogP) is 1.57. The summed E-state index contributed by atoms with van der Waals surface area (Å²) in [6.45, 7) is 4.04. The van der Waals surface area contributed by atoms with Crippen molar-refractivity contribution in [3.05, 3.63) is 24.0 Å². The van der Waals surface area contributed by atoms with Crippen LogP contribution in [-0.2, 0) is 9.53 Å². The number of pyridine rings is 1. The molecule has 2 aromatic rings. The number of H-pyrrole nitrogens is 1. The highest BCUT2D eigenvalue weighted by molar-refractivity contribution is 5.94. The molecule has 0 bridgehead atoms. The molecular formula is C21H29N5O4. The number of hydrogen-bond acceptors (Lipinski definition) is 6. The van der Waals surface area contributed by atoms with E-state index in [0.29, 0.717) is 23.2 Å². The van der Waals surface area contributed by atoms with E-state index in [2.05, 4.69) is 25.8 Å². The fourth-order valence-electron chi connectivity index (χ4n) is 4.36. The summed E-state index contributed by atoms with van der Waals surface area (Å²) in [5, 5.41) is 21.8. The van der Waals surface area contributed by atoms with Crippen LogP contribution in [0.1, 0.15) is 43.1 Å². The zero-order valence-corrected chi connectivity index (χ0v) is 17.1. The van der Waals surface area contributed by atoms with Gasteiger partial charge >= 0.3 is 0 Å². The summed E-state index contributed by atoms with van der Waals surface area (Å²) in [4.78, 5) is 26.2. The van der Waals surface area contributed by atoms with Crippen molar-refractivity contribution >= 4 is 22.9 Å². The van der Waals surface area contributed by atoms with Gasteiger partial charge in [-0.05, 0) is 68.7 Å². The molecule has 4 N–H and O–H groups in total. The minimum Gasteiger partial charge on any atom is -0.481 e. The van der Waals surface area contributed by atoms with Crippen molar-refractivity contribution < 1.29 is 19.4 Å². The van der Waals surface area contributed by atoms with E-state index in [1.807, 2.05) is 6.07 Å². The third-order valence-electron chi connectivity index (χ3n) is 6.11. The van der Waals surface area contributed by atoms with Gasteiger partial charge in [0.25, 0.3) is 11.9 Å². The number of aromatic nitrogens is 3. The van der Waals surface area contributed by atoms with Crippen LogP contribution in [-0.4, -0.2) is 64.0 Å². The summed E-state index contributed by atoms with van der Waals surface area (Å²) >= 11 is 0. The van der Waals surface area contributed by atoms with Gasteiger partial charge in [-0.25, -0.2) is 4.98 Å². The van der Waals surface area contributed by atoms with E-state index in [9.17, 15) is 4.79 Å². The van der Waals surface area contributed by atoms with Crippen molar-refractivity contribution in [2.75, 3.05) is 19.7 Å². The van der Waals surface area contributed by atoms with Crippen LogP contribution in [0, 0.1) is 17.8 Å². The lowest BCUT2D eigenvalue weighted by molar-refractivity contribution is -0.134. The molecule has 1 amide bonds. The zero-order valence-electron chi connectivity index (χ0n) is 17.1. The molecule has 0 radical (unpaired) electrons. The van der Waals surface area contributed by atoms with Crippen LogP contribution < -0.4 is 10.6 Å². The summed E-state index contributed by atoms with van der Waals surface area (Å²) in [5.41, 5.74) is 1.07. The second kappa shape index (κ2) is 9.09. The van der Waals surface area contributed by atoms with E-state index < -0.39 is 5.97 Å². The molecule has 9 heteroatoms. The lowest BCUT2D eigenvalue weighted by Gasteiger charge is -2.38. The van der Waals surface area contributed by atoms with E-state index in [-0.39, 0.29) is 18.1 Å². The number of carbonyl (C=O) groups is 2. The average Bonchev–Trinajstić information content (AvgIpc) is 3.22. The van der Waals surface area contributed by atoms with Gasteiger partial charge < -0.3 is 20.5 Å². The number of aliphatic carboxylic acids is 1. The summed E-state index contributed by atoms with van der Waals surface area (Å²) < 4.78 is 6.24. The Hall–Kier alpha value is -2.52. The summed E-state index contributed by atoms with van der Waals surface area (Å²) in [6.07, 6.45) is 6.39. The second-order valence-electron chi connectivity index (χ2n) is 8.57. The molecule has 1 saturated heterocycles. The highest BCUT2D eigenvalue weighted by atomic mass is 16.5. The standard InChI is InChI=1S/C19H25N5O2.C2H4O2/c25-19(15-4-3-12-9-21-24-18(12)22-15)23-16-5-13-7-20-8-14(13)6-17(16)26-10-11-1-2-11;1-2(3)4/h3-4,9,11,13-14,16-17,20H,1-2,5-8,10H2,(H,23,25)(H,21,22,24);1H3,(H,3,4)/t13-,14+,16-,17-;/m0./s1. The molecule has 2 aromatic heterocycles. The van der Waals surface area contributed by atoms with Gasteiger partial charge in [0.1, 0.15) is 5.69 Å². The normalized spacial score (nSPS) is 27.8. The first-order chi connectivity index (χ1) is 14.5.